The Morgan fingerprint density at radius 2 is 2.20 bits per heavy atom. The third-order valence-electron chi connectivity index (χ3n) is 3.84. The number of hydrogen-bond acceptors (Lipinski definition) is 2. The summed E-state index contributed by atoms with van der Waals surface area (Å²) in [5, 5.41) is 4.50. The van der Waals surface area contributed by atoms with Crippen LogP contribution >= 0.6 is 11.6 Å². The van der Waals surface area contributed by atoms with Crippen LogP contribution in [0.5, 0.6) is 0 Å². The van der Waals surface area contributed by atoms with E-state index in [0.717, 1.165) is 0 Å². The van der Waals surface area contributed by atoms with Crippen LogP contribution in [0.3, 0.4) is 0 Å². The molecule has 2 fully saturated rings. The summed E-state index contributed by atoms with van der Waals surface area (Å²) in [6.07, 6.45) is 5.28. The Bertz CT molecular complexity index is 397. The molecule has 0 saturated heterocycles. The summed E-state index contributed by atoms with van der Waals surface area (Å²) in [5.41, 5.74) is 0.594. The van der Waals surface area contributed by atoms with E-state index < -0.39 is 0 Å². The fourth-order valence-corrected chi connectivity index (χ4v) is 3.32. The zero-order chi connectivity index (χ0) is 10.6. The lowest BCUT2D eigenvalue weighted by Gasteiger charge is -2.03. The minimum absolute atomic E-state index is 0.203. The minimum Gasteiger partial charge on any atom is -0.292 e. The Morgan fingerprint density at radius 3 is 2.73 bits per heavy atom. The summed E-state index contributed by atoms with van der Waals surface area (Å²) in [6, 6.07) is 0. The monoisotopic (exact) mass is 224 g/mol. The van der Waals surface area contributed by atoms with E-state index in [1.54, 1.807) is 17.9 Å². The van der Waals surface area contributed by atoms with Crippen molar-refractivity contribution in [3.05, 3.63) is 16.9 Å². The second kappa shape index (κ2) is 3.08. The first-order valence-corrected chi connectivity index (χ1v) is 5.79. The average Bonchev–Trinajstić information content (AvgIpc) is 2.58. The molecule has 1 aromatic heterocycles. The summed E-state index contributed by atoms with van der Waals surface area (Å²) in [4.78, 5) is 12.2. The summed E-state index contributed by atoms with van der Waals surface area (Å²) in [7, 11) is 1.78. The van der Waals surface area contributed by atoms with E-state index in [1.807, 2.05) is 0 Å². The van der Waals surface area contributed by atoms with Crippen molar-refractivity contribution in [1.82, 2.24) is 9.78 Å². The highest BCUT2D eigenvalue weighted by Gasteiger charge is 2.57. The van der Waals surface area contributed by atoms with Gasteiger partial charge in [-0.25, -0.2) is 0 Å². The Kier molecular flexibility index (Phi) is 1.93. The van der Waals surface area contributed by atoms with Gasteiger partial charge in [-0.1, -0.05) is 18.0 Å². The van der Waals surface area contributed by atoms with Gasteiger partial charge in [-0.2, -0.15) is 5.10 Å². The number of aromatic nitrogens is 2. The third kappa shape index (κ3) is 1.26. The van der Waals surface area contributed by atoms with Gasteiger partial charge in [0, 0.05) is 13.0 Å². The number of halogens is 1. The molecular formula is C11H13ClN2O. The van der Waals surface area contributed by atoms with Crippen LogP contribution in [0.2, 0.25) is 5.02 Å². The number of carbonyl (C=O) groups is 1. The number of Topliss-reactive ketones (excluding diaryl/α,β-unsaturated/α-hetero) is 1. The number of fused-ring (bicyclic) bond motifs is 1. The molecule has 0 amide bonds. The van der Waals surface area contributed by atoms with E-state index in [2.05, 4.69) is 5.10 Å². The molecule has 3 nitrogen and oxygen atoms in total. The number of ketones is 1. The van der Waals surface area contributed by atoms with Crippen LogP contribution in [0.25, 0.3) is 0 Å². The van der Waals surface area contributed by atoms with Crippen molar-refractivity contribution in [2.45, 2.75) is 19.3 Å². The van der Waals surface area contributed by atoms with E-state index in [4.69, 9.17) is 11.6 Å². The SMILES string of the molecule is Cn1ncc(Cl)c1C(=O)C1C2CCCC21. The molecule has 1 aromatic rings. The third-order valence-corrected chi connectivity index (χ3v) is 4.11. The van der Waals surface area contributed by atoms with E-state index >= 15 is 0 Å². The maximum Gasteiger partial charge on any atom is 0.186 e. The van der Waals surface area contributed by atoms with Gasteiger partial charge < -0.3 is 0 Å². The lowest BCUT2D eigenvalue weighted by molar-refractivity contribution is 0.0942. The van der Waals surface area contributed by atoms with Crippen LogP contribution in [0.15, 0.2) is 6.20 Å². The summed E-state index contributed by atoms with van der Waals surface area (Å²) >= 11 is 5.96. The topological polar surface area (TPSA) is 34.9 Å². The molecule has 3 rings (SSSR count). The molecule has 0 aliphatic heterocycles. The molecule has 0 bridgehead atoms. The zero-order valence-corrected chi connectivity index (χ0v) is 9.37. The average molecular weight is 225 g/mol. The Hall–Kier alpha value is -0.830. The largest absolute Gasteiger partial charge is 0.292 e. The molecule has 0 spiro atoms. The molecule has 80 valence electrons. The van der Waals surface area contributed by atoms with Crippen LogP contribution in [-0.2, 0) is 7.05 Å². The van der Waals surface area contributed by atoms with Gasteiger partial charge in [0.1, 0.15) is 5.69 Å². The highest BCUT2D eigenvalue weighted by atomic mass is 35.5. The first-order valence-electron chi connectivity index (χ1n) is 5.42. The summed E-state index contributed by atoms with van der Waals surface area (Å²) in [5.74, 6) is 1.73. The second-order valence-electron chi connectivity index (χ2n) is 4.61. The number of carbonyl (C=O) groups excluding carboxylic acids is 1. The molecule has 15 heavy (non-hydrogen) atoms. The van der Waals surface area contributed by atoms with Crippen molar-refractivity contribution in [1.29, 1.82) is 0 Å². The first kappa shape index (κ1) is 9.40. The maximum absolute atomic E-state index is 12.2. The van der Waals surface area contributed by atoms with Crippen molar-refractivity contribution in [3.63, 3.8) is 0 Å². The van der Waals surface area contributed by atoms with Crippen LogP contribution in [-0.4, -0.2) is 15.6 Å². The highest BCUT2D eigenvalue weighted by molar-refractivity contribution is 6.33. The van der Waals surface area contributed by atoms with Gasteiger partial charge in [0.25, 0.3) is 0 Å². The summed E-state index contributed by atoms with van der Waals surface area (Å²) in [6.45, 7) is 0. The van der Waals surface area contributed by atoms with E-state index in [0.29, 0.717) is 22.6 Å². The number of aryl methyl sites for hydroxylation is 1. The zero-order valence-electron chi connectivity index (χ0n) is 8.61. The molecule has 4 heteroatoms. The van der Waals surface area contributed by atoms with Gasteiger partial charge in [0.2, 0.25) is 0 Å². The first-order chi connectivity index (χ1) is 7.20. The fourth-order valence-electron chi connectivity index (χ4n) is 3.06. The number of nitrogens with zero attached hydrogens (tertiary/aromatic N) is 2. The lowest BCUT2D eigenvalue weighted by atomic mass is 10.1. The standard InChI is InChI=1S/C11H13ClN2O/c1-14-10(8(12)5-13-14)11(15)9-6-3-2-4-7(6)9/h5-7,9H,2-4H2,1H3. The smallest absolute Gasteiger partial charge is 0.186 e. The minimum atomic E-state index is 0.203. The molecule has 1 heterocycles. The molecule has 2 aliphatic carbocycles. The number of rotatable bonds is 2. The molecule has 2 atom stereocenters. The van der Waals surface area contributed by atoms with Crippen molar-refractivity contribution in [2.75, 3.05) is 0 Å². The predicted octanol–water partition coefficient (Wildman–Crippen LogP) is 2.30. The predicted molar refractivity (Wildman–Crippen MR) is 56.9 cm³/mol. The van der Waals surface area contributed by atoms with Crippen molar-refractivity contribution < 1.29 is 4.79 Å². The van der Waals surface area contributed by atoms with Gasteiger partial charge in [-0.15, -0.1) is 0 Å². The Labute approximate surface area is 93.4 Å². The molecule has 2 aliphatic rings. The fraction of sp³-hybridized carbons (Fsp3) is 0.636. The van der Waals surface area contributed by atoms with Crippen molar-refractivity contribution >= 4 is 17.4 Å². The molecule has 2 saturated carbocycles. The van der Waals surface area contributed by atoms with Crippen molar-refractivity contribution in [3.8, 4) is 0 Å². The van der Waals surface area contributed by atoms with Crippen LogP contribution in [0.4, 0.5) is 0 Å². The molecule has 0 radical (unpaired) electrons. The molecule has 0 N–H and O–H groups in total. The Balaban J connectivity index is 1.87. The van der Waals surface area contributed by atoms with E-state index in [1.165, 1.54) is 19.3 Å². The molecule has 0 aromatic carbocycles. The quantitative estimate of drug-likeness (QED) is 0.723. The second-order valence-corrected chi connectivity index (χ2v) is 5.02. The highest BCUT2D eigenvalue weighted by Crippen LogP contribution is 2.58. The lowest BCUT2D eigenvalue weighted by Crippen LogP contribution is -2.12. The summed E-state index contributed by atoms with van der Waals surface area (Å²) < 4.78 is 1.60. The van der Waals surface area contributed by atoms with Gasteiger partial charge in [-0.05, 0) is 24.7 Å². The number of hydrogen-bond donors (Lipinski definition) is 0. The Morgan fingerprint density at radius 1 is 1.53 bits per heavy atom. The van der Waals surface area contributed by atoms with E-state index in [9.17, 15) is 4.79 Å². The molecular weight excluding hydrogens is 212 g/mol. The van der Waals surface area contributed by atoms with Gasteiger partial charge >= 0.3 is 0 Å². The van der Waals surface area contributed by atoms with Gasteiger partial charge in [0.15, 0.2) is 5.78 Å². The van der Waals surface area contributed by atoms with Crippen LogP contribution in [0.1, 0.15) is 29.8 Å². The normalized spacial score (nSPS) is 32.8. The van der Waals surface area contributed by atoms with Crippen LogP contribution in [0, 0.1) is 17.8 Å². The van der Waals surface area contributed by atoms with Crippen molar-refractivity contribution in [2.24, 2.45) is 24.8 Å². The van der Waals surface area contributed by atoms with Gasteiger partial charge in [0.05, 0.1) is 11.2 Å². The molecule has 2 unspecified atom stereocenters. The van der Waals surface area contributed by atoms with Gasteiger partial charge in [-0.3, -0.25) is 9.48 Å². The van der Waals surface area contributed by atoms with Crippen LogP contribution < -0.4 is 0 Å². The maximum atomic E-state index is 12.2. The van der Waals surface area contributed by atoms with E-state index in [-0.39, 0.29) is 11.7 Å².